The number of pyridine rings is 1. The van der Waals surface area contributed by atoms with Crippen molar-refractivity contribution in [1.82, 2.24) is 15.2 Å². The molecule has 7 heteroatoms. The molecule has 3 rings (SSSR count). The number of likely N-dealkylation sites (N-methyl/N-ethyl adjacent to an activating group) is 1. The molecule has 3 heterocycles. The van der Waals surface area contributed by atoms with E-state index >= 15 is 0 Å². The first-order chi connectivity index (χ1) is 9.13. The van der Waals surface area contributed by atoms with Gasteiger partial charge >= 0.3 is 0 Å². The molecule has 2 saturated heterocycles. The van der Waals surface area contributed by atoms with Gasteiger partial charge in [0.25, 0.3) is 5.91 Å². The van der Waals surface area contributed by atoms with Crippen LogP contribution in [0.2, 0.25) is 0 Å². The minimum Gasteiger partial charge on any atom is -0.345 e. The molecule has 19 heavy (non-hydrogen) atoms. The number of guanidine groups is 1. The van der Waals surface area contributed by atoms with E-state index in [1.54, 1.807) is 30.4 Å². The Morgan fingerprint density at radius 3 is 2.79 bits per heavy atom. The van der Waals surface area contributed by atoms with Crippen LogP contribution in [0, 0.1) is 5.41 Å². The predicted octanol–water partition coefficient (Wildman–Crippen LogP) is -0.138. The van der Waals surface area contributed by atoms with Crippen molar-refractivity contribution >= 4 is 11.9 Å². The molecule has 7 nitrogen and oxygen atoms in total. The fraction of sp³-hybridized carbons (Fsp3) is 0.417. The van der Waals surface area contributed by atoms with Crippen molar-refractivity contribution in [2.24, 2.45) is 0 Å². The van der Waals surface area contributed by atoms with E-state index in [9.17, 15) is 4.79 Å². The number of nitrogens with zero attached hydrogens (tertiary/aromatic N) is 2. The maximum absolute atomic E-state index is 11.9. The third-order valence-electron chi connectivity index (χ3n) is 3.54. The normalized spacial score (nSPS) is 30.8. The average Bonchev–Trinajstić information content (AvgIpc) is 2.65. The lowest BCUT2D eigenvalue weighted by Gasteiger charge is -2.39. The van der Waals surface area contributed by atoms with Gasteiger partial charge in [0.1, 0.15) is 0 Å². The Kier molecular flexibility index (Phi) is 2.72. The highest BCUT2D eigenvalue weighted by molar-refractivity contribution is 6.08. The molecule has 100 valence electrons. The SMILES string of the molecule is CN1C(=N)NC(=O)C12COC(c1cccnc1)OC2. The fourth-order valence-electron chi connectivity index (χ4n) is 2.22. The van der Waals surface area contributed by atoms with Gasteiger partial charge in [0.15, 0.2) is 17.8 Å². The molecule has 0 aliphatic carbocycles. The van der Waals surface area contributed by atoms with Gasteiger partial charge in [-0.1, -0.05) is 6.07 Å². The summed E-state index contributed by atoms with van der Waals surface area (Å²) >= 11 is 0. The van der Waals surface area contributed by atoms with Crippen molar-refractivity contribution in [3.8, 4) is 0 Å². The number of hydrogen-bond donors (Lipinski definition) is 2. The summed E-state index contributed by atoms with van der Waals surface area (Å²) < 4.78 is 11.3. The first kappa shape index (κ1) is 12.1. The van der Waals surface area contributed by atoms with E-state index in [0.29, 0.717) is 0 Å². The van der Waals surface area contributed by atoms with Crippen molar-refractivity contribution in [3.05, 3.63) is 30.1 Å². The van der Waals surface area contributed by atoms with E-state index in [1.165, 1.54) is 0 Å². The zero-order chi connectivity index (χ0) is 13.5. The third kappa shape index (κ3) is 1.78. The van der Waals surface area contributed by atoms with Crippen molar-refractivity contribution in [3.63, 3.8) is 0 Å². The highest BCUT2D eigenvalue weighted by atomic mass is 16.7. The molecule has 0 unspecified atom stereocenters. The zero-order valence-electron chi connectivity index (χ0n) is 10.4. The molecule has 2 aliphatic rings. The van der Waals surface area contributed by atoms with Gasteiger partial charge in [-0.3, -0.25) is 20.5 Å². The van der Waals surface area contributed by atoms with E-state index in [-0.39, 0.29) is 25.1 Å². The van der Waals surface area contributed by atoms with E-state index in [4.69, 9.17) is 14.9 Å². The summed E-state index contributed by atoms with van der Waals surface area (Å²) in [4.78, 5) is 17.5. The second-order valence-electron chi connectivity index (χ2n) is 4.63. The van der Waals surface area contributed by atoms with Crippen LogP contribution in [0.4, 0.5) is 0 Å². The number of nitrogens with one attached hydrogen (secondary N) is 2. The van der Waals surface area contributed by atoms with Crippen molar-refractivity contribution in [2.75, 3.05) is 20.3 Å². The third-order valence-corrected chi connectivity index (χ3v) is 3.54. The molecule has 2 N–H and O–H groups in total. The molecule has 0 saturated carbocycles. The summed E-state index contributed by atoms with van der Waals surface area (Å²) in [6, 6.07) is 3.66. The first-order valence-electron chi connectivity index (χ1n) is 5.90. The van der Waals surface area contributed by atoms with Crippen LogP contribution in [0.25, 0.3) is 0 Å². The van der Waals surface area contributed by atoms with Crippen LogP contribution in [0.1, 0.15) is 11.9 Å². The van der Waals surface area contributed by atoms with Crippen molar-refractivity contribution in [2.45, 2.75) is 11.8 Å². The number of ether oxygens (including phenoxy) is 2. The second kappa shape index (κ2) is 4.29. The van der Waals surface area contributed by atoms with Crippen LogP contribution in [0.5, 0.6) is 0 Å². The summed E-state index contributed by atoms with van der Waals surface area (Å²) in [5.41, 5.74) is -0.121. The monoisotopic (exact) mass is 262 g/mol. The molecule has 0 aromatic carbocycles. The molecule has 2 fully saturated rings. The summed E-state index contributed by atoms with van der Waals surface area (Å²) in [5, 5.41) is 10.1. The van der Waals surface area contributed by atoms with Crippen LogP contribution in [0.15, 0.2) is 24.5 Å². The lowest BCUT2D eigenvalue weighted by Crippen LogP contribution is -2.58. The Bertz CT molecular complexity index is 511. The Labute approximate surface area is 110 Å². The van der Waals surface area contributed by atoms with Gasteiger partial charge in [-0.05, 0) is 6.07 Å². The van der Waals surface area contributed by atoms with E-state index < -0.39 is 11.8 Å². The first-order valence-corrected chi connectivity index (χ1v) is 5.90. The van der Waals surface area contributed by atoms with Crippen molar-refractivity contribution in [1.29, 1.82) is 5.41 Å². The molecule has 1 spiro atoms. The van der Waals surface area contributed by atoms with Gasteiger partial charge in [-0.15, -0.1) is 0 Å². The minimum atomic E-state index is -0.935. The summed E-state index contributed by atoms with van der Waals surface area (Å²) in [6.45, 7) is 0.356. The molecule has 0 atom stereocenters. The molecule has 0 bridgehead atoms. The van der Waals surface area contributed by atoms with Crippen LogP contribution < -0.4 is 5.32 Å². The number of carbonyl (C=O) groups excluding carboxylic acids is 1. The van der Waals surface area contributed by atoms with Gasteiger partial charge in [-0.25, -0.2) is 0 Å². The lowest BCUT2D eigenvalue weighted by molar-refractivity contribution is -0.224. The molecule has 2 aliphatic heterocycles. The van der Waals surface area contributed by atoms with Crippen LogP contribution >= 0.6 is 0 Å². The smallest absolute Gasteiger partial charge is 0.257 e. The molecule has 1 aromatic heterocycles. The standard InChI is InChI=1S/C12H14N4O3/c1-16-11(13)15-10(17)12(16)6-18-9(19-7-12)8-3-2-4-14-5-8/h2-5,9H,6-7H2,1H3,(H2,13,15,17). The molecule has 0 radical (unpaired) electrons. The number of aromatic nitrogens is 1. The van der Waals surface area contributed by atoms with Crippen LogP contribution in [-0.4, -0.2) is 47.6 Å². The highest BCUT2D eigenvalue weighted by Gasteiger charge is 2.53. The van der Waals surface area contributed by atoms with Crippen LogP contribution in [0.3, 0.4) is 0 Å². The van der Waals surface area contributed by atoms with Crippen molar-refractivity contribution < 1.29 is 14.3 Å². The van der Waals surface area contributed by atoms with Gasteiger partial charge in [0.2, 0.25) is 0 Å². The summed E-state index contributed by atoms with van der Waals surface area (Å²) in [6.07, 6.45) is 2.83. The highest BCUT2D eigenvalue weighted by Crippen LogP contribution is 2.31. The predicted molar refractivity (Wildman–Crippen MR) is 65.2 cm³/mol. The Hall–Kier alpha value is -1.99. The number of carbonyl (C=O) groups is 1. The zero-order valence-corrected chi connectivity index (χ0v) is 10.4. The van der Waals surface area contributed by atoms with Gasteiger partial charge < -0.3 is 14.4 Å². The minimum absolute atomic E-state index is 0.0667. The number of rotatable bonds is 1. The molecule has 1 aromatic rings. The molecular weight excluding hydrogens is 248 g/mol. The maximum Gasteiger partial charge on any atom is 0.257 e. The van der Waals surface area contributed by atoms with Gasteiger partial charge in [0.05, 0.1) is 13.2 Å². The van der Waals surface area contributed by atoms with E-state index in [1.807, 2.05) is 6.07 Å². The summed E-state index contributed by atoms with van der Waals surface area (Å²) in [7, 11) is 1.68. The van der Waals surface area contributed by atoms with E-state index in [2.05, 4.69) is 10.3 Å². The topological polar surface area (TPSA) is 87.5 Å². The average molecular weight is 262 g/mol. The quantitative estimate of drug-likeness (QED) is 0.735. The fourth-order valence-corrected chi connectivity index (χ4v) is 2.22. The molecular formula is C12H14N4O3. The Morgan fingerprint density at radius 1 is 1.53 bits per heavy atom. The van der Waals surface area contributed by atoms with E-state index in [0.717, 1.165) is 5.56 Å². The maximum atomic E-state index is 11.9. The second-order valence-corrected chi connectivity index (χ2v) is 4.63. The molecule has 1 amide bonds. The number of amides is 1. The Balaban J connectivity index is 1.76. The van der Waals surface area contributed by atoms with Gasteiger partial charge in [0, 0.05) is 25.0 Å². The summed E-state index contributed by atoms with van der Waals surface area (Å²) in [5.74, 6) is -0.193. The Morgan fingerprint density at radius 2 is 2.26 bits per heavy atom. The number of hydrogen-bond acceptors (Lipinski definition) is 5. The largest absolute Gasteiger partial charge is 0.345 e. The lowest BCUT2D eigenvalue weighted by atomic mass is 10.00. The van der Waals surface area contributed by atoms with Gasteiger partial charge in [-0.2, -0.15) is 0 Å². The van der Waals surface area contributed by atoms with Crippen LogP contribution in [-0.2, 0) is 14.3 Å².